The van der Waals surface area contributed by atoms with Crippen LogP contribution in [-0.4, -0.2) is 43.2 Å². The van der Waals surface area contributed by atoms with Crippen molar-refractivity contribution in [3.63, 3.8) is 0 Å². The Kier molecular flexibility index (Phi) is 20.6. The predicted octanol–water partition coefficient (Wildman–Crippen LogP) is -1.22. The highest BCUT2D eigenvalue weighted by atomic mass is 31.1. The maximum Gasteiger partial charge on any atom is 0.692 e. The fourth-order valence-electron chi connectivity index (χ4n) is 0.632. The zero-order chi connectivity index (χ0) is 15.1. The molecule has 0 saturated carbocycles. The average Bonchev–Trinajstić information content (AvgIpc) is 2.15. The maximum atomic E-state index is 10.1. The van der Waals surface area contributed by atoms with Crippen molar-refractivity contribution in [1.29, 1.82) is 0 Å². The number of unbranched alkanes of at least 4 members (excludes halogenated alkanes) is 1. The molecular formula is C6H18N2O8P2+2. The van der Waals surface area contributed by atoms with Gasteiger partial charge in [0.1, 0.15) is 6.04 Å². The summed E-state index contributed by atoms with van der Waals surface area (Å²) in [7, 11) is -5.74. The number of aliphatic carboxylic acids is 1. The number of nitrogens with two attached hydrogens (primary N) is 2. The molecule has 0 aliphatic rings. The first kappa shape index (κ1) is 22.6. The molecule has 18 heavy (non-hydrogen) atoms. The predicted molar refractivity (Wildman–Crippen MR) is 62.6 cm³/mol. The van der Waals surface area contributed by atoms with Crippen molar-refractivity contribution >= 4 is 22.5 Å². The lowest BCUT2D eigenvalue weighted by atomic mass is 10.1. The number of carbonyl (C=O) groups is 1. The van der Waals surface area contributed by atoms with Crippen LogP contribution < -0.4 is 11.5 Å². The van der Waals surface area contributed by atoms with Crippen molar-refractivity contribution in [2.45, 2.75) is 25.3 Å². The van der Waals surface area contributed by atoms with Crippen LogP contribution >= 0.6 is 16.5 Å². The largest absolute Gasteiger partial charge is 0.692 e. The van der Waals surface area contributed by atoms with Gasteiger partial charge < -0.3 is 16.6 Å². The molecular weight excluding hydrogens is 290 g/mol. The summed E-state index contributed by atoms with van der Waals surface area (Å²) in [5, 5.41) is 8.33. The minimum atomic E-state index is -2.87. The molecule has 12 heteroatoms. The molecule has 0 aromatic rings. The SMILES string of the molecule is NCCCC[C@H](N)C(=O)O.O=[P+](O)O.O=[P+](O)O. The Bertz CT molecular complexity index is 232. The topological polar surface area (TPSA) is 204 Å². The van der Waals surface area contributed by atoms with Crippen LogP contribution in [0, 0.1) is 0 Å². The molecule has 0 rings (SSSR count). The van der Waals surface area contributed by atoms with Gasteiger partial charge in [-0.05, 0) is 19.4 Å². The van der Waals surface area contributed by atoms with Crippen LogP contribution in [0.25, 0.3) is 0 Å². The third-order valence-electron chi connectivity index (χ3n) is 1.29. The Hall–Kier alpha value is -0.570. The van der Waals surface area contributed by atoms with E-state index in [1.165, 1.54) is 0 Å². The molecule has 0 saturated heterocycles. The van der Waals surface area contributed by atoms with E-state index in [1.54, 1.807) is 0 Å². The summed E-state index contributed by atoms with van der Waals surface area (Å²) in [4.78, 5) is 38.6. The molecule has 108 valence electrons. The third-order valence-corrected chi connectivity index (χ3v) is 1.29. The monoisotopic (exact) mass is 308 g/mol. The van der Waals surface area contributed by atoms with Gasteiger partial charge in [-0.1, -0.05) is 6.42 Å². The van der Waals surface area contributed by atoms with Crippen molar-refractivity contribution < 1.29 is 38.6 Å². The number of rotatable bonds is 5. The van der Waals surface area contributed by atoms with E-state index in [0.717, 1.165) is 12.8 Å². The second-order valence-electron chi connectivity index (χ2n) is 2.73. The molecule has 1 atom stereocenters. The lowest BCUT2D eigenvalue weighted by Crippen LogP contribution is -2.29. The summed E-state index contributed by atoms with van der Waals surface area (Å²) in [6, 6.07) is -0.716. The van der Waals surface area contributed by atoms with Crippen LogP contribution in [0.1, 0.15) is 19.3 Å². The van der Waals surface area contributed by atoms with Gasteiger partial charge in [-0.25, -0.2) is 0 Å². The molecule has 10 nitrogen and oxygen atoms in total. The van der Waals surface area contributed by atoms with E-state index in [2.05, 4.69) is 0 Å². The molecule has 0 aliphatic heterocycles. The van der Waals surface area contributed by atoms with E-state index >= 15 is 0 Å². The second-order valence-corrected chi connectivity index (χ2v) is 3.75. The van der Waals surface area contributed by atoms with Gasteiger partial charge in [0.25, 0.3) is 0 Å². The normalized spacial score (nSPS) is 10.1. The minimum absolute atomic E-state index is 0.520. The smallest absolute Gasteiger partial charge is 0.480 e. The van der Waals surface area contributed by atoms with Crippen LogP contribution in [0.2, 0.25) is 0 Å². The summed E-state index contributed by atoms with van der Waals surface area (Å²) in [6.45, 7) is 0.604. The number of carboxylic acid groups (broad SMARTS) is 1. The van der Waals surface area contributed by atoms with E-state index in [4.69, 9.17) is 45.3 Å². The lowest BCUT2D eigenvalue weighted by molar-refractivity contribution is -0.138. The van der Waals surface area contributed by atoms with Crippen LogP contribution in [0.4, 0.5) is 0 Å². The van der Waals surface area contributed by atoms with E-state index in [0.29, 0.717) is 13.0 Å². The molecule has 0 spiro atoms. The van der Waals surface area contributed by atoms with Crippen molar-refractivity contribution in [3.8, 4) is 0 Å². The molecule has 0 unspecified atom stereocenters. The van der Waals surface area contributed by atoms with Crippen molar-refractivity contribution in [3.05, 3.63) is 0 Å². The van der Waals surface area contributed by atoms with Gasteiger partial charge >= 0.3 is 22.5 Å². The number of hydrogen-bond acceptors (Lipinski definition) is 5. The summed E-state index contributed by atoms with van der Waals surface area (Å²) in [5.74, 6) is -0.933. The quantitative estimate of drug-likeness (QED) is 0.238. The first-order valence-corrected chi connectivity index (χ1v) is 6.86. The molecule has 0 heterocycles. The van der Waals surface area contributed by atoms with Crippen LogP contribution in [0.3, 0.4) is 0 Å². The van der Waals surface area contributed by atoms with Crippen molar-refractivity contribution in [1.82, 2.24) is 0 Å². The Balaban J connectivity index is -0.000000233. The van der Waals surface area contributed by atoms with E-state index < -0.39 is 28.5 Å². The molecule has 0 amide bonds. The number of hydrogen-bond donors (Lipinski definition) is 7. The van der Waals surface area contributed by atoms with Crippen molar-refractivity contribution in [2.75, 3.05) is 6.54 Å². The first-order chi connectivity index (χ1) is 8.14. The highest BCUT2D eigenvalue weighted by Gasteiger charge is 2.09. The molecule has 0 radical (unpaired) electrons. The second kappa shape index (κ2) is 16.4. The van der Waals surface area contributed by atoms with Gasteiger partial charge in [0.15, 0.2) is 0 Å². The van der Waals surface area contributed by atoms with Gasteiger partial charge in [-0.3, -0.25) is 4.79 Å². The van der Waals surface area contributed by atoms with Gasteiger partial charge in [-0.15, -0.1) is 19.6 Å². The minimum Gasteiger partial charge on any atom is -0.480 e. The summed E-state index contributed by atoms with van der Waals surface area (Å²) < 4.78 is 17.4. The van der Waals surface area contributed by atoms with Crippen LogP contribution in [-0.2, 0) is 13.9 Å². The molecule has 0 aliphatic carbocycles. The Morgan fingerprint density at radius 3 is 1.61 bits per heavy atom. The van der Waals surface area contributed by atoms with Gasteiger partial charge in [-0.2, -0.15) is 0 Å². The molecule has 0 aromatic carbocycles. The highest BCUT2D eigenvalue weighted by molar-refractivity contribution is 7.31. The zero-order valence-corrected chi connectivity index (χ0v) is 11.2. The third kappa shape index (κ3) is 45.2. The average molecular weight is 308 g/mol. The fourth-order valence-corrected chi connectivity index (χ4v) is 0.632. The Morgan fingerprint density at radius 2 is 1.39 bits per heavy atom. The maximum absolute atomic E-state index is 10.1. The Morgan fingerprint density at radius 1 is 1.06 bits per heavy atom. The zero-order valence-electron chi connectivity index (χ0n) is 9.42. The lowest BCUT2D eigenvalue weighted by Gasteiger charge is -2.03. The molecule has 0 fully saturated rings. The standard InChI is InChI=1S/C6H14N2O2.2HO3P/c7-4-2-1-3-5(8)6(9)10;2*1-4(2)3/h5H,1-4,7-8H2,(H,9,10);2*(H-,1,2,3)/p+2/t5-;;/m0../s1. The van der Waals surface area contributed by atoms with Crippen LogP contribution in [0.15, 0.2) is 0 Å². The van der Waals surface area contributed by atoms with Gasteiger partial charge in [0, 0.05) is 9.13 Å². The van der Waals surface area contributed by atoms with E-state index in [9.17, 15) is 4.79 Å². The fraction of sp³-hybridized carbons (Fsp3) is 0.833. The number of carboxylic acids is 1. The van der Waals surface area contributed by atoms with E-state index in [1.807, 2.05) is 0 Å². The first-order valence-electron chi connectivity index (χ1n) is 4.53. The molecule has 0 bridgehead atoms. The molecule has 9 N–H and O–H groups in total. The summed E-state index contributed by atoms with van der Waals surface area (Å²) in [5.41, 5.74) is 10.4. The van der Waals surface area contributed by atoms with Gasteiger partial charge in [0.05, 0.1) is 0 Å². The van der Waals surface area contributed by atoms with Gasteiger partial charge in [0.2, 0.25) is 0 Å². The van der Waals surface area contributed by atoms with Crippen LogP contribution in [0.5, 0.6) is 0 Å². The van der Waals surface area contributed by atoms with E-state index in [-0.39, 0.29) is 0 Å². The molecule has 0 aromatic heterocycles. The van der Waals surface area contributed by atoms with Crippen molar-refractivity contribution in [2.24, 2.45) is 11.5 Å². The summed E-state index contributed by atoms with van der Waals surface area (Å²) >= 11 is 0. The summed E-state index contributed by atoms with van der Waals surface area (Å²) in [6.07, 6.45) is 2.16. The Labute approximate surface area is 105 Å². The highest BCUT2D eigenvalue weighted by Crippen LogP contribution is 1.99.